The minimum atomic E-state index is -0.527. The molecule has 0 radical (unpaired) electrons. The molecule has 0 aliphatic carbocycles. The number of methoxy groups -OCH3 is 1. The van der Waals surface area contributed by atoms with Crippen LogP contribution in [0.3, 0.4) is 0 Å². The third kappa shape index (κ3) is 7.12. The summed E-state index contributed by atoms with van der Waals surface area (Å²) in [6.45, 7) is 2.17. The highest BCUT2D eigenvalue weighted by atomic mass is 16.5. The van der Waals surface area contributed by atoms with E-state index in [0.29, 0.717) is 12.4 Å². The van der Waals surface area contributed by atoms with E-state index < -0.39 is 5.91 Å². The van der Waals surface area contributed by atoms with Crippen molar-refractivity contribution in [3.05, 3.63) is 35.9 Å². The van der Waals surface area contributed by atoms with Crippen LogP contribution in [0.25, 0.3) is 6.08 Å². The first-order valence-corrected chi connectivity index (χ1v) is 6.50. The summed E-state index contributed by atoms with van der Waals surface area (Å²) in [4.78, 5) is 22.2. The number of nitrogens with two attached hydrogens (primary N) is 1. The van der Waals surface area contributed by atoms with E-state index in [1.165, 1.54) is 6.08 Å². The Balaban J connectivity index is 2.49. The van der Waals surface area contributed by atoms with Crippen LogP contribution >= 0.6 is 0 Å². The van der Waals surface area contributed by atoms with Crippen molar-refractivity contribution in [1.29, 1.82) is 0 Å². The van der Waals surface area contributed by atoms with Crippen LogP contribution in [0.4, 0.5) is 0 Å². The first-order chi connectivity index (χ1) is 10.0. The number of amides is 2. The van der Waals surface area contributed by atoms with Crippen LogP contribution in [0.1, 0.15) is 12.5 Å². The fourth-order valence-corrected chi connectivity index (χ4v) is 1.58. The van der Waals surface area contributed by atoms with Crippen LogP contribution in [0, 0.1) is 0 Å². The Bertz CT molecular complexity index is 497. The summed E-state index contributed by atoms with van der Waals surface area (Å²) < 4.78 is 10.1. The molecule has 6 heteroatoms. The highest BCUT2D eigenvalue weighted by Crippen LogP contribution is 2.12. The third-order valence-electron chi connectivity index (χ3n) is 2.49. The van der Waals surface area contributed by atoms with Gasteiger partial charge in [0.05, 0.1) is 6.61 Å². The molecule has 3 N–H and O–H groups in total. The van der Waals surface area contributed by atoms with E-state index in [-0.39, 0.29) is 18.6 Å². The van der Waals surface area contributed by atoms with Gasteiger partial charge in [0.2, 0.25) is 5.91 Å². The van der Waals surface area contributed by atoms with Gasteiger partial charge in [-0.2, -0.15) is 0 Å². The van der Waals surface area contributed by atoms with Crippen LogP contribution in [-0.4, -0.2) is 38.2 Å². The van der Waals surface area contributed by atoms with Crippen molar-refractivity contribution in [2.24, 2.45) is 5.73 Å². The molecule has 0 saturated carbocycles. The highest BCUT2D eigenvalue weighted by Gasteiger charge is 2.03. The van der Waals surface area contributed by atoms with Crippen molar-refractivity contribution >= 4 is 17.9 Å². The van der Waals surface area contributed by atoms with E-state index in [4.69, 9.17) is 15.2 Å². The fourth-order valence-electron chi connectivity index (χ4n) is 1.58. The molecular weight excluding hydrogens is 272 g/mol. The van der Waals surface area contributed by atoms with Crippen molar-refractivity contribution in [2.75, 3.05) is 20.3 Å². The standard InChI is InChI=1S/C15H20N2O4/c1-11(9-20-2)17-15(19)8-5-12-3-6-13(7-4-12)21-10-14(16)18/h3-8,11H,9-10H2,1-2H3,(H2,16,18)(H,17,19)/b8-5+. The monoisotopic (exact) mass is 292 g/mol. The average molecular weight is 292 g/mol. The molecule has 1 aromatic rings. The zero-order chi connectivity index (χ0) is 15.7. The largest absolute Gasteiger partial charge is 0.484 e. The number of hydrogen-bond donors (Lipinski definition) is 2. The molecular formula is C15H20N2O4. The number of benzene rings is 1. The van der Waals surface area contributed by atoms with Gasteiger partial charge in [0.1, 0.15) is 5.75 Å². The number of nitrogens with one attached hydrogen (secondary N) is 1. The van der Waals surface area contributed by atoms with Gasteiger partial charge in [-0.1, -0.05) is 12.1 Å². The minimum absolute atomic E-state index is 0.0447. The molecule has 1 atom stereocenters. The smallest absolute Gasteiger partial charge is 0.255 e. The maximum atomic E-state index is 11.6. The molecule has 1 aromatic carbocycles. The maximum absolute atomic E-state index is 11.6. The van der Waals surface area contributed by atoms with Crippen LogP contribution in [0.5, 0.6) is 5.75 Å². The molecule has 21 heavy (non-hydrogen) atoms. The van der Waals surface area contributed by atoms with Crippen molar-refractivity contribution in [2.45, 2.75) is 13.0 Å². The number of rotatable bonds is 8. The van der Waals surface area contributed by atoms with Crippen LogP contribution in [-0.2, 0) is 14.3 Å². The van der Waals surface area contributed by atoms with Gasteiger partial charge in [-0.05, 0) is 30.7 Å². The molecule has 0 saturated heterocycles. The van der Waals surface area contributed by atoms with Gasteiger partial charge in [0, 0.05) is 19.2 Å². The number of ether oxygens (including phenoxy) is 2. The lowest BCUT2D eigenvalue weighted by Gasteiger charge is -2.10. The molecule has 1 rings (SSSR count). The van der Waals surface area contributed by atoms with Crippen molar-refractivity contribution < 1.29 is 19.1 Å². The Labute approximate surface area is 123 Å². The van der Waals surface area contributed by atoms with Gasteiger partial charge in [0.15, 0.2) is 6.61 Å². The average Bonchev–Trinajstić information content (AvgIpc) is 2.44. The Kier molecular flexibility index (Phi) is 6.97. The van der Waals surface area contributed by atoms with Crippen LogP contribution in [0.2, 0.25) is 0 Å². The second kappa shape index (κ2) is 8.76. The summed E-state index contributed by atoms with van der Waals surface area (Å²) >= 11 is 0. The molecule has 1 unspecified atom stereocenters. The third-order valence-corrected chi connectivity index (χ3v) is 2.49. The predicted molar refractivity (Wildman–Crippen MR) is 79.6 cm³/mol. The number of hydrogen-bond acceptors (Lipinski definition) is 4. The van der Waals surface area contributed by atoms with E-state index in [2.05, 4.69) is 5.32 Å². The van der Waals surface area contributed by atoms with Crippen molar-refractivity contribution in [3.63, 3.8) is 0 Å². The summed E-state index contributed by atoms with van der Waals surface area (Å²) in [5.41, 5.74) is 5.83. The van der Waals surface area contributed by atoms with E-state index in [1.54, 1.807) is 37.5 Å². The predicted octanol–water partition coefficient (Wildman–Crippen LogP) is 0.715. The lowest BCUT2D eigenvalue weighted by molar-refractivity contribution is -0.120. The Morgan fingerprint density at radius 2 is 2.00 bits per heavy atom. The van der Waals surface area contributed by atoms with E-state index in [0.717, 1.165) is 5.56 Å². The molecule has 0 spiro atoms. The van der Waals surface area contributed by atoms with E-state index in [9.17, 15) is 9.59 Å². The number of carbonyl (C=O) groups excluding carboxylic acids is 2. The molecule has 0 heterocycles. The normalized spacial score (nSPS) is 12.1. The second-order valence-electron chi connectivity index (χ2n) is 4.52. The summed E-state index contributed by atoms with van der Waals surface area (Å²) in [6.07, 6.45) is 3.14. The van der Waals surface area contributed by atoms with E-state index in [1.807, 2.05) is 6.92 Å². The summed E-state index contributed by atoms with van der Waals surface area (Å²) in [6, 6.07) is 6.91. The summed E-state index contributed by atoms with van der Waals surface area (Å²) in [7, 11) is 1.58. The lowest BCUT2D eigenvalue weighted by Crippen LogP contribution is -2.34. The number of carbonyl (C=O) groups is 2. The van der Waals surface area contributed by atoms with Gasteiger partial charge in [0.25, 0.3) is 5.91 Å². The first kappa shape index (κ1) is 16.7. The summed E-state index contributed by atoms with van der Waals surface area (Å²) in [5.74, 6) is -0.168. The molecule has 114 valence electrons. The molecule has 0 aliphatic heterocycles. The topological polar surface area (TPSA) is 90.7 Å². The minimum Gasteiger partial charge on any atom is -0.484 e. The Morgan fingerprint density at radius 3 is 2.57 bits per heavy atom. The Hall–Kier alpha value is -2.34. The van der Waals surface area contributed by atoms with Crippen LogP contribution < -0.4 is 15.8 Å². The fraction of sp³-hybridized carbons (Fsp3) is 0.333. The number of primary amides is 1. The van der Waals surface area contributed by atoms with Gasteiger partial charge in [-0.3, -0.25) is 9.59 Å². The van der Waals surface area contributed by atoms with Crippen molar-refractivity contribution in [1.82, 2.24) is 5.32 Å². The molecule has 0 aromatic heterocycles. The zero-order valence-electron chi connectivity index (χ0n) is 12.2. The zero-order valence-corrected chi connectivity index (χ0v) is 12.2. The first-order valence-electron chi connectivity index (χ1n) is 6.50. The van der Waals surface area contributed by atoms with Gasteiger partial charge in [-0.15, -0.1) is 0 Å². The van der Waals surface area contributed by atoms with Gasteiger partial charge >= 0.3 is 0 Å². The molecule has 0 fully saturated rings. The highest BCUT2D eigenvalue weighted by molar-refractivity contribution is 5.91. The Morgan fingerprint density at radius 1 is 1.33 bits per heavy atom. The summed E-state index contributed by atoms with van der Waals surface area (Å²) in [5, 5.41) is 2.77. The molecule has 2 amide bonds. The van der Waals surface area contributed by atoms with Gasteiger partial charge in [-0.25, -0.2) is 0 Å². The molecule has 0 bridgehead atoms. The molecule has 6 nitrogen and oxygen atoms in total. The SMILES string of the molecule is COCC(C)NC(=O)/C=C/c1ccc(OCC(N)=O)cc1. The van der Waals surface area contributed by atoms with Crippen LogP contribution in [0.15, 0.2) is 30.3 Å². The van der Waals surface area contributed by atoms with Gasteiger partial charge < -0.3 is 20.5 Å². The lowest BCUT2D eigenvalue weighted by atomic mass is 10.2. The van der Waals surface area contributed by atoms with E-state index >= 15 is 0 Å². The quantitative estimate of drug-likeness (QED) is 0.691. The van der Waals surface area contributed by atoms with Crippen molar-refractivity contribution in [3.8, 4) is 5.75 Å². The second-order valence-corrected chi connectivity index (χ2v) is 4.52. The molecule has 0 aliphatic rings. The maximum Gasteiger partial charge on any atom is 0.255 e.